The number of anilines is 1. The van der Waals surface area contributed by atoms with E-state index in [2.05, 4.69) is 5.32 Å². The van der Waals surface area contributed by atoms with Crippen LogP contribution in [0.25, 0.3) is 0 Å². The van der Waals surface area contributed by atoms with Crippen molar-refractivity contribution >= 4 is 29.0 Å². The quantitative estimate of drug-likeness (QED) is 0.719. The lowest BCUT2D eigenvalue weighted by molar-refractivity contribution is 0.0694. The molecule has 1 aromatic rings. The standard InChI is InChI=1S/C13H14N2O3S/c1-13(2)5-6-15(12(19)14-13)8-3-4-10(16)9(7-8)11(17)18/h3-7,16H,1-2H3,(H,14,19)(H,17,18). The molecule has 0 atom stereocenters. The van der Waals surface area contributed by atoms with Gasteiger partial charge >= 0.3 is 5.97 Å². The monoisotopic (exact) mass is 278 g/mol. The number of hydrogen-bond donors (Lipinski definition) is 3. The fourth-order valence-electron chi connectivity index (χ4n) is 1.75. The average molecular weight is 278 g/mol. The molecule has 2 rings (SSSR count). The number of phenols is 1. The van der Waals surface area contributed by atoms with Gasteiger partial charge in [-0.3, -0.25) is 4.90 Å². The maximum absolute atomic E-state index is 11.0. The molecule has 0 amide bonds. The Hall–Kier alpha value is -2.08. The number of benzene rings is 1. The minimum absolute atomic E-state index is 0.154. The Bertz CT molecular complexity index is 581. The van der Waals surface area contributed by atoms with E-state index in [0.717, 1.165) is 0 Å². The van der Waals surface area contributed by atoms with Crippen molar-refractivity contribution in [2.45, 2.75) is 19.4 Å². The first kappa shape index (κ1) is 13.4. The van der Waals surface area contributed by atoms with Crippen LogP contribution < -0.4 is 10.2 Å². The Balaban J connectivity index is 2.41. The molecule has 19 heavy (non-hydrogen) atoms. The number of carboxylic acids is 1. The number of thiocarbonyl (C=S) groups is 1. The molecule has 0 bridgehead atoms. The molecule has 3 N–H and O–H groups in total. The Morgan fingerprint density at radius 3 is 2.68 bits per heavy atom. The molecular weight excluding hydrogens is 264 g/mol. The molecule has 0 radical (unpaired) electrons. The number of nitrogens with one attached hydrogen (secondary N) is 1. The minimum atomic E-state index is -1.18. The highest BCUT2D eigenvalue weighted by Crippen LogP contribution is 2.26. The second-order valence-electron chi connectivity index (χ2n) is 4.84. The van der Waals surface area contributed by atoms with Crippen molar-refractivity contribution in [3.63, 3.8) is 0 Å². The van der Waals surface area contributed by atoms with E-state index < -0.39 is 5.97 Å². The zero-order valence-electron chi connectivity index (χ0n) is 10.5. The third kappa shape index (κ3) is 2.68. The van der Waals surface area contributed by atoms with Gasteiger partial charge in [-0.2, -0.15) is 0 Å². The van der Waals surface area contributed by atoms with Gasteiger partial charge in [-0.15, -0.1) is 0 Å². The number of aromatic carboxylic acids is 1. The van der Waals surface area contributed by atoms with Crippen LogP contribution in [0.3, 0.4) is 0 Å². The highest BCUT2D eigenvalue weighted by molar-refractivity contribution is 7.80. The SMILES string of the molecule is CC1(C)C=CN(c2ccc(O)c(C(=O)O)c2)C(=S)N1. The van der Waals surface area contributed by atoms with E-state index in [0.29, 0.717) is 10.8 Å². The summed E-state index contributed by atoms with van der Waals surface area (Å²) in [4.78, 5) is 12.7. The number of nitrogens with zero attached hydrogens (tertiary/aromatic N) is 1. The summed E-state index contributed by atoms with van der Waals surface area (Å²) in [6.07, 6.45) is 3.72. The summed E-state index contributed by atoms with van der Waals surface area (Å²) in [5, 5.41) is 22.1. The molecular formula is C13H14N2O3S. The van der Waals surface area contributed by atoms with Crippen molar-refractivity contribution in [2.75, 3.05) is 4.90 Å². The molecule has 0 spiro atoms. The maximum Gasteiger partial charge on any atom is 0.339 e. The Morgan fingerprint density at radius 2 is 2.11 bits per heavy atom. The van der Waals surface area contributed by atoms with Gasteiger partial charge in [-0.25, -0.2) is 4.79 Å². The Kier molecular flexibility index (Phi) is 3.20. The van der Waals surface area contributed by atoms with E-state index in [1.807, 2.05) is 19.9 Å². The highest BCUT2D eigenvalue weighted by atomic mass is 32.1. The number of carboxylic acid groups (broad SMARTS) is 1. The first-order chi connectivity index (χ1) is 8.80. The van der Waals surface area contributed by atoms with E-state index in [1.165, 1.54) is 12.1 Å². The van der Waals surface area contributed by atoms with Crippen molar-refractivity contribution in [1.82, 2.24) is 5.32 Å². The van der Waals surface area contributed by atoms with Crippen LogP contribution in [0.15, 0.2) is 30.5 Å². The fourth-order valence-corrected chi connectivity index (χ4v) is 2.18. The zero-order valence-corrected chi connectivity index (χ0v) is 11.4. The summed E-state index contributed by atoms with van der Waals surface area (Å²) >= 11 is 5.25. The number of aromatic hydroxyl groups is 1. The third-order valence-electron chi connectivity index (χ3n) is 2.78. The summed E-state index contributed by atoms with van der Waals surface area (Å²) < 4.78 is 0. The topological polar surface area (TPSA) is 72.8 Å². The first-order valence-electron chi connectivity index (χ1n) is 5.67. The maximum atomic E-state index is 11.0. The summed E-state index contributed by atoms with van der Waals surface area (Å²) in [5.74, 6) is -1.45. The summed E-state index contributed by atoms with van der Waals surface area (Å²) in [6, 6.07) is 4.34. The fraction of sp³-hybridized carbons (Fsp3) is 0.231. The van der Waals surface area contributed by atoms with Crippen LogP contribution in [0.4, 0.5) is 5.69 Å². The normalized spacial score (nSPS) is 17.2. The smallest absolute Gasteiger partial charge is 0.339 e. The van der Waals surface area contributed by atoms with Crippen LogP contribution in [-0.4, -0.2) is 26.8 Å². The third-order valence-corrected chi connectivity index (χ3v) is 3.08. The highest BCUT2D eigenvalue weighted by Gasteiger charge is 2.24. The molecule has 1 aromatic carbocycles. The lowest BCUT2D eigenvalue weighted by Gasteiger charge is -2.34. The first-order valence-corrected chi connectivity index (χ1v) is 6.08. The lowest BCUT2D eigenvalue weighted by atomic mass is 10.0. The van der Waals surface area contributed by atoms with Gasteiger partial charge < -0.3 is 15.5 Å². The summed E-state index contributed by atoms with van der Waals surface area (Å²) in [6.45, 7) is 3.96. The van der Waals surface area contributed by atoms with Gasteiger partial charge in [0.2, 0.25) is 0 Å². The molecule has 0 fully saturated rings. The van der Waals surface area contributed by atoms with E-state index >= 15 is 0 Å². The molecule has 0 unspecified atom stereocenters. The molecule has 1 aliphatic heterocycles. The number of carbonyl (C=O) groups is 1. The van der Waals surface area contributed by atoms with Crippen LogP contribution in [0, 0.1) is 0 Å². The largest absolute Gasteiger partial charge is 0.507 e. The summed E-state index contributed by atoms with van der Waals surface area (Å²) in [5.41, 5.74) is 0.193. The van der Waals surface area contributed by atoms with Gasteiger partial charge in [0, 0.05) is 11.9 Å². The zero-order chi connectivity index (χ0) is 14.2. The van der Waals surface area contributed by atoms with Gasteiger partial charge in [0.05, 0.1) is 5.54 Å². The van der Waals surface area contributed by atoms with Gasteiger partial charge in [0.15, 0.2) is 5.11 Å². The Labute approximate surface area is 116 Å². The minimum Gasteiger partial charge on any atom is -0.507 e. The molecule has 0 saturated heterocycles. The van der Waals surface area contributed by atoms with Gasteiger partial charge in [0.25, 0.3) is 0 Å². The summed E-state index contributed by atoms with van der Waals surface area (Å²) in [7, 11) is 0. The average Bonchev–Trinajstić information content (AvgIpc) is 2.29. The number of hydrogen-bond acceptors (Lipinski definition) is 3. The second kappa shape index (κ2) is 4.55. The van der Waals surface area contributed by atoms with Gasteiger partial charge in [-0.05, 0) is 50.3 Å². The van der Waals surface area contributed by atoms with Crippen LogP contribution >= 0.6 is 12.2 Å². The van der Waals surface area contributed by atoms with Crippen molar-refractivity contribution in [2.24, 2.45) is 0 Å². The van der Waals surface area contributed by atoms with Crippen molar-refractivity contribution in [1.29, 1.82) is 0 Å². The van der Waals surface area contributed by atoms with Crippen LogP contribution in [0.1, 0.15) is 24.2 Å². The molecule has 0 saturated carbocycles. The predicted molar refractivity (Wildman–Crippen MR) is 76.5 cm³/mol. The van der Waals surface area contributed by atoms with E-state index in [9.17, 15) is 9.90 Å². The lowest BCUT2D eigenvalue weighted by Crippen LogP contribution is -2.51. The molecule has 5 nitrogen and oxygen atoms in total. The van der Waals surface area contributed by atoms with Crippen LogP contribution in [0.5, 0.6) is 5.75 Å². The van der Waals surface area contributed by atoms with Crippen molar-refractivity contribution < 1.29 is 15.0 Å². The predicted octanol–water partition coefficient (Wildman–Crippen LogP) is 2.08. The van der Waals surface area contributed by atoms with E-state index in [4.69, 9.17) is 17.3 Å². The number of rotatable bonds is 2. The molecule has 6 heteroatoms. The van der Waals surface area contributed by atoms with Crippen molar-refractivity contribution in [3.05, 3.63) is 36.0 Å². The second-order valence-corrected chi connectivity index (χ2v) is 5.23. The van der Waals surface area contributed by atoms with E-state index in [-0.39, 0.29) is 16.9 Å². The van der Waals surface area contributed by atoms with E-state index in [1.54, 1.807) is 17.2 Å². The molecule has 100 valence electrons. The van der Waals surface area contributed by atoms with Crippen LogP contribution in [-0.2, 0) is 0 Å². The molecule has 0 aliphatic carbocycles. The molecule has 1 aliphatic rings. The van der Waals surface area contributed by atoms with Crippen LogP contribution in [0.2, 0.25) is 0 Å². The Morgan fingerprint density at radius 1 is 1.42 bits per heavy atom. The van der Waals surface area contributed by atoms with Gasteiger partial charge in [0.1, 0.15) is 11.3 Å². The van der Waals surface area contributed by atoms with Crippen molar-refractivity contribution in [3.8, 4) is 5.75 Å². The molecule has 0 aromatic heterocycles. The van der Waals surface area contributed by atoms with Gasteiger partial charge in [-0.1, -0.05) is 0 Å². The molecule has 1 heterocycles.